The summed E-state index contributed by atoms with van der Waals surface area (Å²) < 4.78 is 15.6. The van der Waals surface area contributed by atoms with Crippen molar-refractivity contribution in [3.05, 3.63) is 53.6 Å². The first-order valence-corrected chi connectivity index (χ1v) is 7.54. The number of hydrogen-bond acceptors (Lipinski definition) is 6. The first kappa shape index (κ1) is 18.1. The highest BCUT2D eigenvalue weighted by Crippen LogP contribution is 2.27. The van der Waals surface area contributed by atoms with E-state index < -0.39 is 5.97 Å². The van der Waals surface area contributed by atoms with Crippen LogP contribution in [-0.2, 0) is 11.3 Å². The van der Waals surface area contributed by atoms with Crippen LogP contribution in [0.2, 0.25) is 0 Å². The minimum absolute atomic E-state index is 0.377. The second kappa shape index (κ2) is 9.17. The molecule has 0 unspecified atom stereocenters. The molecule has 0 atom stereocenters. The van der Waals surface area contributed by atoms with Crippen molar-refractivity contribution in [2.45, 2.75) is 6.54 Å². The molecule has 2 aromatic rings. The molecule has 2 rings (SSSR count). The van der Waals surface area contributed by atoms with Crippen LogP contribution in [0.25, 0.3) is 0 Å². The van der Waals surface area contributed by atoms with Crippen LogP contribution < -0.4 is 19.6 Å². The summed E-state index contributed by atoms with van der Waals surface area (Å²) in [5, 5.41) is 12.8. The Morgan fingerprint density at radius 2 is 1.96 bits per heavy atom. The van der Waals surface area contributed by atoms with Crippen molar-refractivity contribution in [2.24, 2.45) is 5.10 Å². The molecule has 0 aliphatic rings. The average Bonchev–Trinajstić information content (AvgIpc) is 2.63. The summed E-state index contributed by atoms with van der Waals surface area (Å²) in [6.45, 7) is 0.143. The number of carboxylic acid groups (broad SMARTS) is 1. The lowest BCUT2D eigenvalue weighted by atomic mass is 10.2. The highest BCUT2D eigenvalue weighted by atomic mass is 16.5. The number of aliphatic carboxylic acids is 1. The standard InChI is InChI=1S/C18H20N2O5/c1-23-16-7-6-14(9-17(16)24-2)11-20-19-10-13-4-3-5-15(8-13)25-12-18(21)22/h3-10,20H,11-12H2,1-2H3,(H,21,22)/b19-10+. The summed E-state index contributed by atoms with van der Waals surface area (Å²) in [5.41, 5.74) is 4.73. The first-order valence-electron chi connectivity index (χ1n) is 7.54. The number of carbonyl (C=O) groups is 1. The molecule has 0 fully saturated rings. The Hall–Kier alpha value is -3.22. The number of ether oxygens (including phenoxy) is 3. The zero-order valence-electron chi connectivity index (χ0n) is 14.1. The summed E-state index contributed by atoms with van der Waals surface area (Å²) in [7, 11) is 3.18. The van der Waals surface area contributed by atoms with Gasteiger partial charge in [0.15, 0.2) is 18.1 Å². The van der Waals surface area contributed by atoms with Gasteiger partial charge in [0, 0.05) is 0 Å². The van der Waals surface area contributed by atoms with Crippen molar-refractivity contribution < 1.29 is 24.1 Å². The van der Waals surface area contributed by atoms with Gasteiger partial charge in [-0.3, -0.25) is 0 Å². The fourth-order valence-electron chi connectivity index (χ4n) is 2.08. The lowest BCUT2D eigenvalue weighted by Gasteiger charge is -2.09. The molecule has 0 aliphatic carbocycles. The zero-order valence-corrected chi connectivity index (χ0v) is 14.1. The molecule has 2 aromatic carbocycles. The third-order valence-electron chi connectivity index (χ3n) is 3.26. The maximum Gasteiger partial charge on any atom is 0.341 e. The van der Waals surface area contributed by atoms with Gasteiger partial charge in [-0.15, -0.1) is 0 Å². The Morgan fingerprint density at radius 1 is 1.16 bits per heavy atom. The van der Waals surface area contributed by atoms with Crippen molar-refractivity contribution in [1.82, 2.24) is 5.43 Å². The van der Waals surface area contributed by atoms with Crippen LogP contribution in [0.1, 0.15) is 11.1 Å². The van der Waals surface area contributed by atoms with Crippen LogP contribution in [0.3, 0.4) is 0 Å². The summed E-state index contributed by atoms with van der Waals surface area (Å²) in [6, 6.07) is 12.7. The number of hydrogen-bond donors (Lipinski definition) is 2. The quantitative estimate of drug-likeness (QED) is 0.536. The van der Waals surface area contributed by atoms with E-state index in [2.05, 4.69) is 10.5 Å². The fraction of sp³-hybridized carbons (Fsp3) is 0.222. The van der Waals surface area contributed by atoms with E-state index in [-0.39, 0.29) is 6.61 Å². The predicted octanol–water partition coefficient (Wildman–Crippen LogP) is 2.29. The van der Waals surface area contributed by atoms with Crippen molar-refractivity contribution >= 4 is 12.2 Å². The minimum atomic E-state index is -1.02. The lowest BCUT2D eigenvalue weighted by molar-refractivity contribution is -0.139. The summed E-state index contributed by atoms with van der Waals surface area (Å²) in [5.74, 6) is 0.795. The summed E-state index contributed by atoms with van der Waals surface area (Å²) >= 11 is 0. The zero-order chi connectivity index (χ0) is 18.1. The molecule has 0 radical (unpaired) electrons. The third kappa shape index (κ3) is 5.72. The van der Waals surface area contributed by atoms with Gasteiger partial charge >= 0.3 is 5.97 Å². The van der Waals surface area contributed by atoms with Gasteiger partial charge in [0.2, 0.25) is 0 Å². The first-order chi connectivity index (χ1) is 12.1. The van der Waals surface area contributed by atoms with Gasteiger partial charge in [0.05, 0.1) is 27.0 Å². The number of nitrogens with one attached hydrogen (secondary N) is 1. The number of methoxy groups -OCH3 is 2. The molecular formula is C18H20N2O5. The molecule has 0 saturated heterocycles. The van der Waals surface area contributed by atoms with E-state index in [0.29, 0.717) is 23.8 Å². The summed E-state index contributed by atoms with van der Waals surface area (Å²) in [4.78, 5) is 10.5. The van der Waals surface area contributed by atoms with E-state index >= 15 is 0 Å². The molecule has 0 heterocycles. The molecule has 0 saturated carbocycles. The number of rotatable bonds is 9. The van der Waals surface area contributed by atoms with Crippen LogP contribution in [0.4, 0.5) is 0 Å². The van der Waals surface area contributed by atoms with Gasteiger partial charge in [0.1, 0.15) is 5.75 Å². The number of carboxylic acids is 1. The maximum absolute atomic E-state index is 10.5. The minimum Gasteiger partial charge on any atom is -0.493 e. The maximum atomic E-state index is 10.5. The van der Waals surface area contributed by atoms with E-state index in [9.17, 15) is 4.79 Å². The number of hydrazone groups is 1. The molecule has 0 aromatic heterocycles. The van der Waals surface area contributed by atoms with E-state index in [4.69, 9.17) is 19.3 Å². The fourth-order valence-corrected chi connectivity index (χ4v) is 2.08. The molecule has 0 aliphatic heterocycles. The van der Waals surface area contributed by atoms with Crippen molar-refractivity contribution in [3.8, 4) is 17.2 Å². The lowest BCUT2D eigenvalue weighted by Crippen LogP contribution is -2.09. The van der Waals surface area contributed by atoms with Gasteiger partial charge < -0.3 is 24.7 Å². The largest absolute Gasteiger partial charge is 0.493 e. The third-order valence-corrected chi connectivity index (χ3v) is 3.26. The van der Waals surface area contributed by atoms with Crippen molar-refractivity contribution in [3.63, 3.8) is 0 Å². The van der Waals surface area contributed by atoms with Crippen LogP contribution in [-0.4, -0.2) is 38.1 Å². The number of benzene rings is 2. The van der Waals surface area contributed by atoms with Crippen LogP contribution in [0, 0.1) is 0 Å². The summed E-state index contributed by atoms with van der Waals surface area (Å²) in [6.07, 6.45) is 1.63. The van der Waals surface area contributed by atoms with Gasteiger partial charge in [-0.1, -0.05) is 18.2 Å². The van der Waals surface area contributed by atoms with Gasteiger partial charge in [-0.25, -0.2) is 4.79 Å². The molecule has 7 heteroatoms. The monoisotopic (exact) mass is 344 g/mol. The average molecular weight is 344 g/mol. The molecular weight excluding hydrogens is 324 g/mol. The number of nitrogens with zero attached hydrogens (tertiary/aromatic N) is 1. The predicted molar refractivity (Wildman–Crippen MR) is 93.6 cm³/mol. The molecule has 2 N–H and O–H groups in total. The smallest absolute Gasteiger partial charge is 0.341 e. The highest BCUT2D eigenvalue weighted by molar-refractivity contribution is 5.80. The van der Waals surface area contributed by atoms with E-state index in [1.165, 1.54) is 0 Å². The molecule has 0 amide bonds. The van der Waals surface area contributed by atoms with E-state index in [1.807, 2.05) is 24.3 Å². The van der Waals surface area contributed by atoms with Gasteiger partial charge in [-0.2, -0.15) is 5.10 Å². The molecule has 25 heavy (non-hydrogen) atoms. The van der Waals surface area contributed by atoms with Crippen LogP contribution >= 0.6 is 0 Å². The van der Waals surface area contributed by atoms with Crippen molar-refractivity contribution in [2.75, 3.05) is 20.8 Å². The Kier molecular flexibility index (Phi) is 6.65. The Morgan fingerprint density at radius 3 is 2.68 bits per heavy atom. The van der Waals surface area contributed by atoms with Crippen LogP contribution in [0.5, 0.6) is 17.2 Å². The Labute approximate surface area is 145 Å². The van der Waals surface area contributed by atoms with Crippen LogP contribution in [0.15, 0.2) is 47.6 Å². The Balaban J connectivity index is 1.91. The SMILES string of the molecule is COc1ccc(CN/N=C/c2cccc(OCC(=O)O)c2)cc1OC. The second-order valence-corrected chi connectivity index (χ2v) is 5.04. The Bertz CT molecular complexity index is 746. The topological polar surface area (TPSA) is 89.4 Å². The van der Waals surface area contributed by atoms with Gasteiger partial charge in [0.25, 0.3) is 0 Å². The second-order valence-electron chi connectivity index (χ2n) is 5.04. The molecule has 0 spiro atoms. The molecule has 0 bridgehead atoms. The normalized spacial score (nSPS) is 10.5. The van der Waals surface area contributed by atoms with Gasteiger partial charge in [-0.05, 0) is 35.4 Å². The van der Waals surface area contributed by atoms with E-state index in [0.717, 1.165) is 11.1 Å². The van der Waals surface area contributed by atoms with Crippen molar-refractivity contribution in [1.29, 1.82) is 0 Å². The van der Waals surface area contributed by atoms with E-state index in [1.54, 1.807) is 38.6 Å². The highest BCUT2D eigenvalue weighted by Gasteiger charge is 2.04. The molecule has 132 valence electrons. The molecule has 7 nitrogen and oxygen atoms in total.